The minimum absolute atomic E-state index is 0.224. The maximum absolute atomic E-state index is 11.0. The summed E-state index contributed by atoms with van der Waals surface area (Å²) in [6.07, 6.45) is -2.46. The van der Waals surface area contributed by atoms with Crippen molar-refractivity contribution in [3.8, 4) is 0 Å². The molecule has 1 rings (SSSR count). The maximum atomic E-state index is 11.0. The van der Waals surface area contributed by atoms with E-state index in [1.165, 1.54) is 7.11 Å². The number of aliphatic hydroxyl groups is 2. The Labute approximate surface area is 108 Å². The Bertz CT molecular complexity index is 363. The van der Waals surface area contributed by atoms with E-state index in [4.69, 9.17) is 0 Å². The van der Waals surface area contributed by atoms with Crippen LogP contribution in [-0.4, -0.2) is 29.4 Å². The summed E-state index contributed by atoms with van der Waals surface area (Å²) in [7, 11) is 1.24. The summed E-state index contributed by atoms with van der Waals surface area (Å²) < 4.78 is 4.43. The lowest BCUT2D eigenvalue weighted by Crippen LogP contribution is -2.22. The van der Waals surface area contributed by atoms with E-state index in [0.717, 1.165) is 10.9 Å². The lowest BCUT2D eigenvalue weighted by atomic mass is 10.0. The van der Waals surface area contributed by atoms with Crippen LogP contribution in [0, 0.1) is 0 Å². The van der Waals surface area contributed by atoms with Crippen LogP contribution in [0.4, 0.5) is 0 Å². The molecule has 94 valence electrons. The second-order valence-electron chi connectivity index (χ2n) is 3.67. The fraction of sp³-hybridized carbons (Fsp3) is 0.417. The van der Waals surface area contributed by atoms with Crippen LogP contribution >= 0.6 is 15.9 Å². The molecule has 0 aromatic heterocycles. The van der Waals surface area contributed by atoms with Gasteiger partial charge in [0.05, 0.1) is 19.6 Å². The Morgan fingerprint density at radius 2 is 1.94 bits per heavy atom. The molecule has 0 spiro atoms. The first-order chi connectivity index (χ1) is 8.08. The first-order valence-corrected chi connectivity index (χ1v) is 6.28. The number of ether oxygens (including phenoxy) is 1. The monoisotopic (exact) mass is 302 g/mol. The molecule has 0 heterocycles. The third-order valence-corrected chi connectivity index (χ3v) is 3.09. The van der Waals surface area contributed by atoms with Crippen molar-refractivity contribution in [2.75, 3.05) is 7.11 Å². The van der Waals surface area contributed by atoms with Crippen molar-refractivity contribution in [3.05, 3.63) is 35.4 Å². The second-order valence-corrected chi connectivity index (χ2v) is 4.23. The number of halogens is 1. The molecule has 1 aromatic rings. The number of methoxy groups -OCH3 is 1. The molecule has 0 amide bonds. The Balaban J connectivity index is 2.67. The molecule has 0 saturated heterocycles. The summed E-state index contributed by atoms with van der Waals surface area (Å²) in [6, 6.07) is 7.14. The third-order valence-electron chi connectivity index (χ3n) is 2.44. The number of rotatable bonds is 5. The van der Waals surface area contributed by atoms with Gasteiger partial charge in [0.15, 0.2) is 0 Å². The fourth-order valence-corrected chi connectivity index (χ4v) is 1.77. The molecule has 5 heteroatoms. The predicted octanol–water partition coefficient (Wildman–Crippen LogP) is 1.54. The Hall–Kier alpha value is -0.910. The molecule has 0 aliphatic heterocycles. The molecule has 2 unspecified atom stereocenters. The molecule has 17 heavy (non-hydrogen) atoms. The Morgan fingerprint density at radius 1 is 1.35 bits per heavy atom. The molecule has 0 aliphatic carbocycles. The van der Waals surface area contributed by atoms with Crippen molar-refractivity contribution < 1.29 is 19.7 Å². The van der Waals surface area contributed by atoms with Gasteiger partial charge in [0.2, 0.25) is 0 Å². The van der Waals surface area contributed by atoms with Crippen molar-refractivity contribution in [2.24, 2.45) is 0 Å². The number of esters is 1. The van der Waals surface area contributed by atoms with Gasteiger partial charge in [0.1, 0.15) is 6.10 Å². The molecular weight excluding hydrogens is 288 g/mol. The van der Waals surface area contributed by atoms with Crippen LogP contribution in [0.1, 0.15) is 23.7 Å². The van der Waals surface area contributed by atoms with Crippen LogP contribution in [0.15, 0.2) is 24.3 Å². The van der Waals surface area contributed by atoms with Crippen LogP contribution in [0.25, 0.3) is 0 Å². The quantitative estimate of drug-likeness (QED) is 0.639. The summed E-state index contributed by atoms with van der Waals surface area (Å²) in [5, 5.41) is 20.2. The second kappa shape index (κ2) is 6.74. The van der Waals surface area contributed by atoms with E-state index in [-0.39, 0.29) is 6.42 Å². The molecule has 0 fully saturated rings. The van der Waals surface area contributed by atoms with Gasteiger partial charge in [-0.2, -0.15) is 0 Å². The van der Waals surface area contributed by atoms with Gasteiger partial charge in [-0.05, 0) is 11.1 Å². The standard InChI is InChI=1S/C12H15BrO4/c1-17-11(15)6-10(14)12(16)9-4-2-8(7-13)3-5-9/h2-5,10,12,14,16H,6-7H2,1H3. The van der Waals surface area contributed by atoms with Gasteiger partial charge < -0.3 is 14.9 Å². The molecule has 0 aliphatic rings. The topological polar surface area (TPSA) is 66.8 Å². The van der Waals surface area contributed by atoms with Gasteiger partial charge in [-0.1, -0.05) is 40.2 Å². The van der Waals surface area contributed by atoms with Crippen molar-refractivity contribution in [3.63, 3.8) is 0 Å². The lowest BCUT2D eigenvalue weighted by Gasteiger charge is -2.17. The van der Waals surface area contributed by atoms with E-state index in [9.17, 15) is 15.0 Å². The number of carbonyl (C=O) groups is 1. The van der Waals surface area contributed by atoms with Gasteiger partial charge in [0.25, 0.3) is 0 Å². The zero-order valence-corrected chi connectivity index (χ0v) is 11.1. The zero-order valence-electron chi connectivity index (χ0n) is 9.47. The normalized spacial score (nSPS) is 14.1. The van der Waals surface area contributed by atoms with Gasteiger partial charge in [-0.15, -0.1) is 0 Å². The van der Waals surface area contributed by atoms with Crippen molar-refractivity contribution in [2.45, 2.75) is 24.0 Å². The lowest BCUT2D eigenvalue weighted by molar-refractivity contribution is -0.144. The van der Waals surface area contributed by atoms with Gasteiger partial charge in [-0.3, -0.25) is 4.79 Å². The molecule has 0 radical (unpaired) electrons. The molecule has 2 atom stereocenters. The number of aliphatic hydroxyl groups excluding tert-OH is 2. The smallest absolute Gasteiger partial charge is 0.308 e. The summed E-state index contributed by atoms with van der Waals surface area (Å²) in [6.45, 7) is 0. The van der Waals surface area contributed by atoms with E-state index in [0.29, 0.717) is 5.56 Å². The SMILES string of the molecule is COC(=O)CC(O)C(O)c1ccc(CBr)cc1. The molecule has 1 aromatic carbocycles. The highest BCUT2D eigenvalue weighted by Gasteiger charge is 2.21. The van der Waals surface area contributed by atoms with Gasteiger partial charge in [0, 0.05) is 5.33 Å². The highest BCUT2D eigenvalue weighted by atomic mass is 79.9. The maximum Gasteiger partial charge on any atom is 0.308 e. The number of hydrogen-bond acceptors (Lipinski definition) is 4. The van der Waals surface area contributed by atoms with Crippen LogP contribution < -0.4 is 0 Å². The summed E-state index contributed by atoms with van der Waals surface area (Å²) >= 11 is 3.32. The van der Waals surface area contributed by atoms with Crippen molar-refractivity contribution >= 4 is 21.9 Å². The minimum Gasteiger partial charge on any atom is -0.469 e. The first-order valence-electron chi connectivity index (χ1n) is 5.16. The van der Waals surface area contributed by atoms with E-state index in [2.05, 4.69) is 20.7 Å². The van der Waals surface area contributed by atoms with E-state index in [1.54, 1.807) is 12.1 Å². The van der Waals surface area contributed by atoms with Crippen LogP contribution in [0.2, 0.25) is 0 Å². The van der Waals surface area contributed by atoms with Crippen LogP contribution in [0.3, 0.4) is 0 Å². The predicted molar refractivity (Wildman–Crippen MR) is 66.7 cm³/mol. The summed E-state index contributed by atoms with van der Waals surface area (Å²) in [5.74, 6) is -0.548. The summed E-state index contributed by atoms with van der Waals surface area (Å²) in [4.78, 5) is 11.0. The van der Waals surface area contributed by atoms with E-state index < -0.39 is 18.2 Å². The zero-order chi connectivity index (χ0) is 12.8. The van der Waals surface area contributed by atoms with Crippen molar-refractivity contribution in [1.82, 2.24) is 0 Å². The number of hydrogen-bond donors (Lipinski definition) is 2. The third kappa shape index (κ3) is 4.11. The largest absolute Gasteiger partial charge is 0.469 e. The Morgan fingerprint density at radius 3 is 2.41 bits per heavy atom. The van der Waals surface area contributed by atoms with Crippen LogP contribution in [-0.2, 0) is 14.9 Å². The number of benzene rings is 1. The summed E-state index contributed by atoms with van der Waals surface area (Å²) in [5.41, 5.74) is 1.65. The molecule has 0 bridgehead atoms. The van der Waals surface area contributed by atoms with Gasteiger partial charge >= 0.3 is 5.97 Å². The molecule has 0 saturated carbocycles. The highest BCUT2D eigenvalue weighted by Crippen LogP contribution is 2.20. The average Bonchev–Trinajstić information content (AvgIpc) is 2.37. The minimum atomic E-state index is -1.16. The van der Waals surface area contributed by atoms with E-state index in [1.807, 2.05) is 12.1 Å². The van der Waals surface area contributed by atoms with Gasteiger partial charge in [-0.25, -0.2) is 0 Å². The molecule has 2 N–H and O–H groups in total. The number of carbonyl (C=O) groups excluding carboxylic acids is 1. The molecule has 4 nitrogen and oxygen atoms in total. The van der Waals surface area contributed by atoms with E-state index >= 15 is 0 Å². The number of alkyl halides is 1. The fourth-order valence-electron chi connectivity index (χ4n) is 1.39. The first kappa shape index (κ1) is 14.2. The van der Waals surface area contributed by atoms with Crippen LogP contribution in [0.5, 0.6) is 0 Å². The molecular formula is C12H15BrO4. The average molecular weight is 303 g/mol. The van der Waals surface area contributed by atoms with Crippen molar-refractivity contribution in [1.29, 1.82) is 0 Å². The Kier molecular flexibility index (Phi) is 5.61. The highest BCUT2D eigenvalue weighted by molar-refractivity contribution is 9.08.